The number of hydrogen-bond donors (Lipinski definition) is 1. The van der Waals surface area contributed by atoms with Gasteiger partial charge >= 0.3 is 0 Å². The minimum Gasteiger partial charge on any atom is -0.292 e. The van der Waals surface area contributed by atoms with E-state index in [2.05, 4.69) is 25.5 Å². The molecule has 34 heavy (non-hydrogen) atoms. The molecule has 0 saturated heterocycles. The van der Waals surface area contributed by atoms with E-state index in [1.807, 2.05) is 13.0 Å². The molecule has 0 saturated carbocycles. The normalized spacial score (nSPS) is 11.1. The van der Waals surface area contributed by atoms with Gasteiger partial charge in [0.2, 0.25) is 11.9 Å². The smallest absolute Gasteiger partial charge is 0.248 e. The van der Waals surface area contributed by atoms with Crippen molar-refractivity contribution in [3.05, 3.63) is 90.0 Å². The molecule has 170 valence electrons. The molecule has 0 spiro atoms. The molecule has 5 rings (SSSR count). The van der Waals surface area contributed by atoms with Crippen molar-refractivity contribution in [3.8, 4) is 11.1 Å². The van der Waals surface area contributed by atoms with Crippen molar-refractivity contribution >= 4 is 22.9 Å². The first-order chi connectivity index (χ1) is 16.5. The van der Waals surface area contributed by atoms with Gasteiger partial charge in [0, 0.05) is 11.6 Å². The molecular formula is C24H19F2N7O. The molecule has 3 heterocycles. The first-order valence-corrected chi connectivity index (χ1v) is 10.5. The molecule has 0 unspecified atom stereocenters. The number of carbonyl (C=O) groups excluding carboxylic acids is 1. The summed E-state index contributed by atoms with van der Waals surface area (Å²) in [6.45, 7) is 2.06. The molecule has 1 N–H and O–H groups in total. The lowest BCUT2D eigenvalue weighted by molar-refractivity contribution is -0.116. The average Bonchev–Trinajstić information content (AvgIpc) is 3.38. The van der Waals surface area contributed by atoms with E-state index < -0.39 is 0 Å². The lowest BCUT2D eigenvalue weighted by Gasteiger charge is -2.05. The molecule has 0 aliphatic rings. The van der Waals surface area contributed by atoms with E-state index in [-0.39, 0.29) is 30.0 Å². The zero-order valence-electron chi connectivity index (χ0n) is 18.1. The van der Waals surface area contributed by atoms with Gasteiger partial charge in [-0.15, -0.1) is 5.10 Å². The SMILES string of the molecule is Cc1nn(CC(=O)Nc2ncn(Cc3cccc(F)c3)n2)c2nccc(-c3ccc(F)cc3)c12. The molecule has 0 fully saturated rings. The maximum absolute atomic E-state index is 13.4. The number of rotatable bonds is 6. The molecular weight excluding hydrogens is 440 g/mol. The van der Waals surface area contributed by atoms with Crippen LogP contribution < -0.4 is 5.32 Å². The van der Waals surface area contributed by atoms with Crippen LogP contribution in [0.1, 0.15) is 11.3 Å². The third-order valence-electron chi connectivity index (χ3n) is 5.28. The van der Waals surface area contributed by atoms with Crippen LogP contribution >= 0.6 is 0 Å². The minimum atomic E-state index is -0.373. The van der Waals surface area contributed by atoms with Gasteiger partial charge in [-0.1, -0.05) is 24.3 Å². The average molecular weight is 459 g/mol. The lowest BCUT2D eigenvalue weighted by atomic mass is 10.0. The molecule has 5 aromatic rings. The Balaban J connectivity index is 1.33. The summed E-state index contributed by atoms with van der Waals surface area (Å²) in [6, 6.07) is 14.2. The van der Waals surface area contributed by atoms with Gasteiger partial charge in [-0.2, -0.15) is 5.10 Å². The van der Waals surface area contributed by atoms with Gasteiger partial charge in [-0.05, 0) is 53.9 Å². The molecule has 0 radical (unpaired) electrons. The summed E-state index contributed by atoms with van der Waals surface area (Å²) < 4.78 is 29.7. The highest BCUT2D eigenvalue weighted by atomic mass is 19.1. The Labute approximate surface area is 192 Å². The molecule has 0 aliphatic heterocycles. The summed E-state index contributed by atoms with van der Waals surface area (Å²) in [5.74, 6) is -0.884. The minimum absolute atomic E-state index is 0.0946. The third-order valence-corrected chi connectivity index (χ3v) is 5.28. The number of carbonyl (C=O) groups is 1. The molecule has 10 heteroatoms. The zero-order chi connectivity index (χ0) is 23.7. The van der Waals surface area contributed by atoms with Crippen LogP contribution in [-0.4, -0.2) is 35.4 Å². The number of pyridine rings is 1. The molecule has 8 nitrogen and oxygen atoms in total. The van der Waals surface area contributed by atoms with Gasteiger partial charge in [0.1, 0.15) is 24.5 Å². The number of anilines is 1. The number of nitrogens with one attached hydrogen (secondary N) is 1. The van der Waals surface area contributed by atoms with E-state index in [4.69, 9.17) is 0 Å². The third kappa shape index (κ3) is 4.38. The fraction of sp³-hybridized carbons (Fsp3) is 0.125. The van der Waals surface area contributed by atoms with Crippen molar-refractivity contribution in [1.29, 1.82) is 0 Å². The summed E-state index contributed by atoms with van der Waals surface area (Å²) in [5, 5.41) is 12.1. The second-order valence-corrected chi connectivity index (χ2v) is 7.75. The first kappa shape index (κ1) is 21.4. The Hall–Kier alpha value is -4.47. The van der Waals surface area contributed by atoms with Crippen molar-refractivity contribution in [2.75, 3.05) is 5.32 Å². The van der Waals surface area contributed by atoms with Crippen LogP contribution in [0.5, 0.6) is 0 Å². The number of halogens is 2. The molecule has 3 aromatic heterocycles. The van der Waals surface area contributed by atoms with Gasteiger partial charge in [0.15, 0.2) is 5.65 Å². The van der Waals surface area contributed by atoms with E-state index in [9.17, 15) is 13.6 Å². The number of aryl methyl sites for hydroxylation is 1. The fourth-order valence-corrected chi connectivity index (χ4v) is 3.81. The van der Waals surface area contributed by atoms with Crippen LogP contribution in [0.15, 0.2) is 67.1 Å². The van der Waals surface area contributed by atoms with Gasteiger partial charge in [-0.25, -0.2) is 28.1 Å². The van der Waals surface area contributed by atoms with Gasteiger partial charge in [0.25, 0.3) is 0 Å². The lowest BCUT2D eigenvalue weighted by Crippen LogP contribution is -2.20. The molecule has 0 bridgehead atoms. The van der Waals surface area contributed by atoms with Crippen LogP contribution in [0.2, 0.25) is 0 Å². The molecule has 2 aromatic carbocycles. The number of amides is 1. The van der Waals surface area contributed by atoms with Crippen molar-refractivity contribution in [3.63, 3.8) is 0 Å². The predicted molar refractivity (Wildman–Crippen MR) is 122 cm³/mol. The Kier molecular flexibility index (Phi) is 5.54. The summed E-state index contributed by atoms with van der Waals surface area (Å²) in [6.07, 6.45) is 3.09. The van der Waals surface area contributed by atoms with E-state index in [1.54, 1.807) is 30.5 Å². The molecule has 0 atom stereocenters. The summed E-state index contributed by atoms with van der Waals surface area (Å²) in [5.41, 5.74) is 3.65. The molecule has 0 aliphatic carbocycles. The monoisotopic (exact) mass is 459 g/mol. The van der Waals surface area contributed by atoms with Crippen LogP contribution in [0.3, 0.4) is 0 Å². The second-order valence-electron chi connectivity index (χ2n) is 7.75. The Morgan fingerprint density at radius 1 is 1.00 bits per heavy atom. The highest BCUT2D eigenvalue weighted by molar-refractivity contribution is 5.96. The Bertz CT molecular complexity index is 1490. The summed E-state index contributed by atoms with van der Waals surface area (Å²) in [7, 11) is 0. The number of nitrogens with zero attached hydrogens (tertiary/aromatic N) is 6. The molecule has 1 amide bonds. The van der Waals surface area contributed by atoms with Crippen molar-refractivity contribution in [2.24, 2.45) is 0 Å². The van der Waals surface area contributed by atoms with E-state index in [1.165, 1.54) is 40.0 Å². The van der Waals surface area contributed by atoms with Gasteiger partial charge in [-0.3, -0.25) is 10.1 Å². The summed E-state index contributed by atoms with van der Waals surface area (Å²) >= 11 is 0. The zero-order valence-corrected chi connectivity index (χ0v) is 18.1. The van der Waals surface area contributed by atoms with Crippen molar-refractivity contribution < 1.29 is 13.6 Å². The highest BCUT2D eigenvalue weighted by Crippen LogP contribution is 2.29. The van der Waals surface area contributed by atoms with Gasteiger partial charge in [0.05, 0.1) is 12.2 Å². The number of fused-ring (bicyclic) bond motifs is 1. The Morgan fingerprint density at radius 3 is 2.62 bits per heavy atom. The van der Waals surface area contributed by atoms with Crippen LogP contribution in [-0.2, 0) is 17.9 Å². The number of benzene rings is 2. The maximum atomic E-state index is 13.4. The summed E-state index contributed by atoms with van der Waals surface area (Å²) in [4.78, 5) is 21.2. The maximum Gasteiger partial charge on any atom is 0.248 e. The predicted octanol–water partition coefficient (Wildman–Crippen LogP) is 3.96. The fourth-order valence-electron chi connectivity index (χ4n) is 3.81. The van der Waals surface area contributed by atoms with E-state index >= 15 is 0 Å². The van der Waals surface area contributed by atoms with Crippen LogP contribution in [0, 0.1) is 18.6 Å². The van der Waals surface area contributed by atoms with E-state index in [0.29, 0.717) is 17.9 Å². The highest BCUT2D eigenvalue weighted by Gasteiger charge is 2.17. The topological polar surface area (TPSA) is 90.5 Å². The van der Waals surface area contributed by atoms with Crippen molar-refractivity contribution in [1.82, 2.24) is 29.5 Å². The van der Waals surface area contributed by atoms with Crippen LogP contribution in [0.25, 0.3) is 22.2 Å². The van der Waals surface area contributed by atoms with E-state index in [0.717, 1.165) is 22.1 Å². The van der Waals surface area contributed by atoms with Gasteiger partial charge < -0.3 is 0 Å². The Morgan fingerprint density at radius 2 is 1.82 bits per heavy atom. The van der Waals surface area contributed by atoms with Crippen molar-refractivity contribution in [2.45, 2.75) is 20.0 Å². The quantitative estimate of drug-likeness (QED) is 0.415. The standard InChI is InChI=1S/C24H19F2N7O/c1-15-22-20(17-5-7-18(25)8-6-17)9-10-27-23(22)33(30-15)13-21(34)29-24-28-14-32(31-24)12-16-3-2-4-19(26)11-16/h2-11,14H,12-13H2,1H3,(H,29,31,34). The largest absolute Gasteiger partial charge is 0.292 e. The van der Waals surface area contributed by atoms with Crippen LogP contribution in [0.4, 0.5) is 14.7 Å². The number of hydrogen-bond acceptors (Lipinski definition) is 5. The second kappa shape index (κ2) is 8.81. The first-order valence-electron chi connectivity index (χ1n) is 10.5. The number of aromatic nitrogens is 6.